The van der Waals surface area contributed by atoms with Crippen LogP contribution in [0.3, 0.4) is 0 Å². The van der Waals surface area contributed by atoms with Gasteiger partial charge >= 0.3 is 11.9 Å². The van der Waals surface area contributed by atoms with Gasteiger partial charge in [-0.1, -0.05) is 11.8 Å². The van der Waals surface area contributed by atoms with Gasteiger partial charge in [-0.2, -0.15) is 0 Å². The fraction of sp³-hybridized carbons (Fsp3) is 0.125. The lowest BCUT2D eigenvalue weighted by molar-refractivity contribution is 0.0525. The minimum absolute atomic E-state index is 0.270. The number of esters is 1. The van der Waals surface area contributed by atoms with Crippen LogP contribution < -0.4 is 0 Å². The van der Waals surface area contributed by atoms with E-state index in [1.165, 1.54) is 11.8 Å². The van der Waals surface area contributed by atoms with Crippen LogP contribution in [0.5, 0.6) is 0 Å². The molecule has 0 saturated heterocycles. The first-order chi connectivity index (χ1) is 10.5. The molecule has 0 amide bonds. The highest BCUT2D eigenvalue weighted by Crippen LogP contribution is 2.31. The second kappa shape index (κ2) is 7.64. The molecule has 0 saturated carbocycles. The lowest BCUT2D eigenvalue weighted by Gasteiger charge is -2.07. The molecule has 22 heavy (non-hydrogen) atoms. The summed E-state index contributed by atoms with van der Waals surface area (Å²) in [6.45, 7) is 2.09. The van der Waals surface area contributed by atoms with E-state index in [9.17, 15) is 14.7 Å². The number of ether oxygens (including phenoxy) is 1. The van der Waals surface area contributed by atoms with Crippen molar-refractivity contribution in [2.75, 3.05) is 6.61 Å². The van der Waals surface area contributed by atoms with Crippen LogP contribution in [0.1, 0.15) is 27.6 Å². The Labute approximate surface area is 146 Å². The molecule has 0 aliphatic rings. The fourth-order valence-corrected chi connectivity index (χ4v) is 3.17. The summed E-state index contributed by atoms with van der Waals surface area (Å²) in [7, 11) is 0. The number of aromatic carboxylic acids is 1. The molecule has 0 spiro atoms. The van der Waals surface area contributed by atoms with E-state index in [-0.39, 0.29) is 11.5 Å². The van der Waals surface area contributed by atoms with Gasteiger partial charge < -0.3 is 9.84 Å². The molecule has 0 aliphatic carbocycles. The molecule has 0 atom stereocenters. The van der Waals surface area contributed by atoms with Crippen molar-refractivity contribution in [3.63, 3.8) is 0 Å². The predicted octanol–water partition coefficient (Wildman–Crippen LogP) is 4.32. The first kappa shape index (κ1) is 16.8. The lowest BCUT2D eigenvalue weighted by Crippen LogP contribution is -2.04. The summed E-state index contributed by atoms with van der Waals surface area (Å²) in [6, 6.07) is 12.2. The number of carbonyl (C=O) groups excluding carboxylic acids is 1. The van der Waals surface area contributed by atoms with Gasteiger partial charge in [-0.25, -0.2) is 9.59 Å². The maximum Gasteiger partial charge on any atom is 0.338 e. The van der Waals surface area contributed by atoms with Crippen LogP contribution >= 0.6 is 34.4 Å². The number of benzene rings is 2. The minimum Gasteiger partial charge on any atom is -0.478 e. The zero-order valence-electron chi connectivity index (χ0n) is 11.7. The van der Waals surface area contributed by atoms with Gasteiger partial charge in [0.15, 0.2) is 0 Å². The molecule has 2 aromatic rings. The first-order valence-corrected chi connectivity index (χ1v) is 8.38. The third kappa shape index (κ3) is 4.23. The maximum atomic E-state index is 11.6. The molecule has 0 bridgehead atoms. The Morgan fingerprint density at radius 2 is 1.86 bits per heavy atom. The summed E-state index contributed by atoms with van der Waals surface area (Å²) >= 11 is 3.43. The average Bonchev–Trinajstić information content (AvgIpc) is 2.50. The van der Waals surface area contributed by atoms with Crippen LogP contribution in [0.4, 0.5) is 0 Å². The van der Waals surface area contributed by atoms with Crippen LogP contribution in [0.2, 0.25) is 0 Å². The van der Waals surface area contributed by atoms with E-state index < -0.39 is 5.97 Å². The Kier molecular flexibility index (Phi) is 5.84. The molecular formula is C16H13IO4S. The predicted molar refractivity (Wildman–Crippen MR) is 92.6 cm³/mol. The van der Waals surface area contributed by atoms with E-state index in [4.69, 9.17) is 4.74 Å². The SMILES string of the molecule is CCOC(=O)c1ccc(Sc2ccc(I)cc2C(=O)O)cc1. The summed E-state index contributed by atoms with van der Waals surface area (Å²) in [5.74, 6) is -1.32. The third-order valence-corrected chi connectivity index (χ3v) is 4.52. The molecule has 0 aliphatic heterocycles. The second-order valence-corrected chi connectivity index (χ2v) is 6.65. The molecule has 6 heteroatoms. The smallest absolute Gasteiger partial charge is 0.338 e. The highest BCUT2D eigenvalue weighted by atomic mass is 127. The number of rotatable bonds is 5. The Hall–Kier alpha value is -1.54. The number of halogens is 1. The largest absolute Gasteiger partial charge is 0.478 e. The van der Waals surface area contributed by atoms with Gasteiger partial charge in [0, 0.05) is 13.4 Å². The number of carboxylic acids is 1. The van der Waals surface area contributed by atoms with Crippen molar-refractivity contribution in [3.05, 3.63) is 57.2 Å². The Bertz CT molecular complexity index is 698. The van der Waals surface area contributed by atoms with Crippen molar-refractivity contribution in [1.29, 1.82) is 0 Å². The highest BCUT2D eigenvalue weighted by molar-refractivity contribution is 14.1. The van der Waals surface area contributed by atoms with Crippen LogP contribution in [-0.2, 0) is 4.74 Å². The Balaban J connectivity index is 2.21. The van der Waals surface area contributed by atoms with E-state index in [0.29, 0.717) is 17.1 Å². The number of carbonyl (C=O) groups is 2. The summed E-state index contributed by atoms with van der Waals surface area (Å²) in [4.78, 5) is 24.4. The van der Waals surface area contributed by atoms with E-state index in [1.54, 1.807) is 43.3 Å². The maximum absolute atomic E-state index is 11.6. The molecule has 1 N–H and O–H groups in total. The van der Waals surface area contributed by atoms with Crippen LogP contribution in [0.25, 0.3) is 0 Å². The van der Waals surface area contributed by atoms with Crippen LogP contribution in [0.15, 0.2) is 52.3 Å². The van der Waals surface area contributed by atoms with Crippen molar-refractivity contribution in [2.24, 2.45) is 0 Å². The first-order valence-electron chi connectivity index (χ1n) is 6.49. The molecule has 0 aromatic heterocycles. The summed E-state index contributed by atoms with van der Waals surface area (Å²) in [5.41, 5.74) is 0.749. The van der Waals surface area contributed by atoms with Gasteiger partial charge in [-0.15, -0.1) is 0 Å². The normalized spacial score (nSPS) is 10.3. The topological polar surface area (TPSA) is 63.6 Å². The van der Waals surface area contributed by atoms with Crippen molar-refractivity contribution in [2.45, 2.75) is 16.7 Å². The molecule has 0 fully saturated rings. The number of carboxylic acid groups (broad SMARTS) is 1. The Morgan fingerprint density at radius 3 is 2.45 bits per heavy atom. The minimum atomic E-state index is -0.954. The van der Waals surface area contributed by atoms with E-state index >= 15 is 0 Å². The van der Waals surface area contributed by atoms with Crippen molar-refractivity contribution < 1.29 is 19.4 Å². The molecule has 0 heterocycles. The van der Waals surface area contributed by atoms with Gasteiger partial charge in [0.05, 0.1) is 17.7 Å². The zero-order chi connectivity index (χ0) is 16.1. The molecule has 2 aromatic carbocycles. The molecular weight excluding hydrogens is 415 g/mol. The average molecular weight is 428 g/mol. The molecule has 4 nitrogen and oxygen atoms in total. The fourth-order valence-electron chi connectivity index (χ4n) is 1.76. The zero-order valence-corrected chi connectivity index (χ0v) is 14.7. The summed E-state index contributed by atoms with van der Waals surface area (Å²) in [5, 5.41) is 9.27. The van der Waals surface area contributed by atoms with Gasteiger partial charge in [-0.3, -0.25) is 0 Å². The van der Waals surface area contributed by atoms with Crippen LogP contribution in [-0.4, -0.2) is 23.7 Å². The highest BCUT2D eigenvalue weighted by Gasteiger charge is 2.12. The van der Waals surface area contributed by atoms with Crippen LogP contribution in [0, 0.1) is 3.57 Å². The van der Waals surface area contributed by atoms with E-state index in [2.05, 4.69) is 22.6 Å². The lowest BCUT2D eigenvalue weighted by atomic mass is 10.2. The van der Waals surface area contributed by atoms with Crippen molar-refractivity contribution in [3.8, 4) is 0 Å². The van der Waals surface area contributed by atoms with Crippen molar-refractivity contribution in [1.82, 2.24) is 0 Å². The monoisotopic (exact) mass is 428 g/mol. The van der Waals surface area contributed by atoms with E-state index in [1.807, 2.05) is 6.07 Å². The van der Waals surface area contributed by atoms with E-state index in [0.717, 1.165) is 8.47 Å². The Morgan fingerprint density at radius 1 is 1.18 bits per heavy atom. The standard InChI is InChI=1S/C16H13IO4S/c1-2-21-16(20)10-3-6-12(7-4-10)22-14-8-5-11(17)9-13(14)15(18)19/h3-9H,2H2,1H3,(H,18,19). The van der Waals surface area contributed by atoms with Gasteiger partial charge in [-0.05, 0) is 72.0 Å². The summed E-state index contributed by atoms with van der Waals surface area (Å²) < 4.78 is 5.80. The van der Waals surface area contributed by atoms with Gasteiger partial charge in [0.25, 0.3) is 0 Å². The molecule has 0 radical (unpaired) electrons. The second-order valence-electron chi connectivity index (χ2n) is 4.29. The third-order valence-electron chi connectivity index (χ3n) is 2.77. The molecule has 114 valence electrons. The summed E-state index contributed by atoms with van der Waals surface area (Å²) in [6.07, 6.45) is 0. The molecule has 0 unspecified atom stereocenters. The van der Waals surface area contributed by atoms with Gasteiger partial charge in [0.2, 0.25) is 0 Å². The molecule has 2 rings (SSSR count). The van der Waals surface area contributed by atoms with Gasteiger partial charge in [0.1, 0.15) is 0 Å². The number of hydrogen-bond acceptors (Lipinski definition) is 4. The quantitative estimate of drug-likeness (QED) is 0.568. The van der Waals surface area contributed by atoms with Crippen molar-refractivity contribution >= 4 is 46.3 Å². The number of hydrogen-bond donors (Lipinski definition) is 1.